The molecule has 2 aromatic rings. The Morgan fingerprint density at radius 1 is 0.938 bits per heavy atom. The van der Waals surface area contributed by atoms with E-state index < -0.39 is 0 Å². The molecule has 0 saturated heterocycles. The van der Waals surface area contributed by atoms with Gasteiger partial charge < -0.3 is 0 Å². The molecule has 0 aliphatic heterocycles. The Balaban J connectivity index is 2.45. The topological polar surface area (TPSA) is 38.7 Å². The van der Waals surface area contributed by atoms with Crippen LogP contribution in [0.5, 0.6) is 0 Å². The first-order valence-electron chi connectivity index (χ1n) is 4.49. The monoisotopic (exact) mass is 251 g/mol. The first-order valence-corrected chi connectivity index (χ1v) is 5.24. The Morgan fingerprint density at radius 2 is 1.50 bits per heavy atom. The summed E-state index contributed by atoms with van der Waals surface area (Å²) < 4.78 is 0. The van der Waals surface area contributed by atoms with Gasteiger partial charge in [0.1, 0.15) is 0 Å². The van der Waals surface area contributed by atoms with Crippen molar-refractivity contribution in [2.45, 2.75) is 0 Å². The van der Waals surface area contributed by atoms with E-state index in [2.05, 4.69) is 21.5 Å². The van der Waals surface area contributed by atoms with E-state index in [0.29, 0.717) is 5.82 Å². The summed E-state index contributed by atoms with van der Waals surface area (Å²) in [6, 6.07) is 7.57. The molecule has 2 rings (SSSR count). The molecule has 0 N–H and O–H groups in total. The smallest absolute Gasteiger partial charge is 0.198 e. The van der Waals surface area contributed by atoms with Gasteiger partial charge in [-0.3, -0.25) is 0 Å². The zero-order valence-electron chi connectivity index (χ0n) is 8.19. The van der Waals surface area contributed by atoms with Crippen molar-refractivity contribution in [1.29, 1.82) is 0 Å². The van der Waals surface area contributed by atoms with Gasteiger partial charge in [0, 0.05) is 5.56 Å². The van der Waals surface area contributed by atoms with Gasteiger partial charge in [-0.25, -0.2) is 0 Å². The maximum Gasteiger partial charge on any atom is 0.227 e. The molecule has 0 aliphatic carbocycles. The van der Waals surface area contributed by atoms with Crippen LogP contribution >= 0.6 is 23.2 Å². The largest absolute Gasteiger partial charge is 0.227 e. The molecule has 0 spiro atoms. The minimum absolute atomic E-state index is 0.0859. The molecule has 0 saturated carbocycles. The van der Waals surface area contributed by atoms with E-state index in [0.717, 1.165) is 11.1 Å². The average molecular weight is 252 g/mol. The molecule has 0 aliphatic rings. The molecule has 0 atom stereocenters. The third kappa shape index (κ3) is 2.38. The fourth-order valence-electron chi connectivity index (χ4n) is 1.22. The molecular weight excluding hydrogens is 245 g/mol. The molecule has 0 radical (unpaired) electrons. The van der Waals surface area contributed by atoms with Crippen LogP contribution in [0.15, 0.2) is 30.8 Å². The van der Waals surface area contributed by atoms with E-state index in [1.54, 1.807) is 6.08 Å². The molecule has 5 heteroatoms. The summed E-state index contributed by atoms with van der Waals surface area (Å²) in [6.45, 7) is 3.68. The van der Waals surface area contributed by atoms with E-state index in [4.69, 9.17) is 23.2 Å². The van der Waals surface area contributed by atoms with Crippen LogP contribution in [0.1, 0.15) is 5.56 Å². The maximum absolute atomic E-state index is 5.70. The summed E-state index contributed by atoms with van der Waals surface area (Å²) in [4.78, 5) is 11.7. The van der Waals surface area contributed by atoms with Gasteiger partial charge in [0.2, 0.25) is 10.6 Å². The third-order valence-corrected chi connectivity index (χ3v) is 2.32. The molecule has 1 aromatic heterocycles. The predicted molar refractivity (Wildman–Crippen MR) is 65.4 cm³/mol. The summed E-state index contributed by atoms with van der Waals surface area (Å²) in [7, 11) is 0. The molecule has 1 aromatic carbocycles. The van der Waals surface area contributed by atoms with Crippen molar-refractivity contribution in [3.8, 4) is 11.4 Å². The Kier molecular flexibility index (Phi) is 3.17. The Labute approximate surface area is 103 Å². The van der Waals surface area contributed by atoms with Crippen molar-refractivity contribution in [2.24, 2.45) is 0 Å². The van der Waals surface area contributed by atoms with Crippen molar-refractivity contribution >= 4 is 29.3 Å². The quantitative estimate of drug-likeness (QED) is 0.821. The summed E-state index contributed by atoms with van der Waals surface area (Å²) >= 11 is 11.4. The average Bonchev–Trinajstić information content (AvgIpc) is 2.28. The van der Waals surface area contributed by atoms with Crippen molar-refractivity contribution in [3.05, 3.63) is 47.0 Å². The molecule has 0 bridgehead atoms. The van der Waals surface area contributed by atoms with E-state index >= 15 is 0 Å². The van der Waals surface area contributed by atoms with Gasteiger partial charge in [-0.1, -0.05) is 36.9 Å². The Hall–Kier alpha value is -1.45. The molecule has 0 unspecified atom stereocenters. The van der Waals surface area contributed by atoms with Crippen LogP contribution in [0.25, 0.3) is 17.5 Å². The second-order valence-corrected chi connectivity index (χ2v) is 3.70. The second-order valence-electron chi connectivity index (χ2n) is 3.02. The Morgan fingerprint density at radius 3 is 2.00 bits per heavy atom. The zero-order valence-corrected chi connectivity index (χ0v) is 9.70. The molecule has 1 heterocycles. The SMILES string of the molecule is C=Cc1ccc(-c2nc(Cl)nc(Cl)n2)cc1. The summed E-state index contributed by atoms with van der Waals surface area (Å²) in [5.41, 5.74) is 1.85. The van der Waals surface area contributed by atoms with Crippen LogP contribution < -0.4 is 0 Å². The van der Waals surface area contributed by atoms with Crippen LogP contribution in [0.3, 0.4) is 0 Å². The van der Waals surface area contributed by atoms with Crippen molar-refractivity contribution < 1.29 is 0 Å². The summed E-state index contributed by atoms with van der Waals surface area (Å²) in [5.74, 6) is 0.459. The lowest BCUT2D eigenvalue weighted by Crippen LogP contribution is -1.93. The first kappa shape index (κ1) is 11.0. The van der Waals surface area contributed by atoms with Gasteiger partial charge in [0.25, 0.3) is 0 Å². The van der Waals surface area contributed by atoms with Gasteiger partial charge in [-0.2, -0.15) is 15.0 Å². The Bertz CT molecular complexity index is 503. The number of hydrogen-bond acceptors (Lipinski definition) is 3. The van der Waals surface area contributed by atoms with Gasteiger partial charge >= 0.3 is 0 Å². The number of benzene rings is 1. The first-order chi connectivity index (χ1) is 7.69. The summed E-state index contributed by atoms with van der Waals surface area (Å²) in [5, 5.41) is 0.172. The fourth-order valence-corrected chi connectivity index (χ4v) is 1.59. The minimum atomic E-state index is 0.0859. The van der Waals surface area contributed by atoms with Crippen molar-refractivity contribution in [3.63, 3.8) is 0 Å². The van der Waals surface area contributed by atoms with E-state index in [1.165, 1.54) is 0 Å². The molecule has 16 heavy (non-hydrogen) atoms. The predicted octanol–water partition coefficient (Wildman–Crippen LogP) is 3.49. The fraction of sp³-hybridized carbons (Fsp3) is 0. The third-order valence-electron chi connectivity index (χ3n) is 1.99. The lowest BCUT2D eigenvalue weighted by atomic mass is 10.1. The highest BCUT2D eigenvalue weighted by Crippen LogP contribution is 2.18. The van der Waals surface area contributed by atoms with Crippen LogP contribution in [0, 0.1) is 0 Å². The highest BCUT2D eigenvalue weighted by molar-refractivity contribution is 6.31. The lowest BCUT2D eigenvalue weighted by molar-refractivity contribution is 1.06. The maximum atomic E-state index is 5.70. The van der Waals surface area contributed by atoms with E-state index in [1.807, 2.05) is 24.3 Å². The molecule has 0 fully saturated rings. The molecule has 0 amide bonds. The lowest BCUT2D eigenvalue weighted by Gasteiger charge is -2.01. The molecule has 80 valence electrons. The number of nitrogens with zero attached hydrogens (tertiary/aromatic N) is 3. The van der Waals surface area contributed by atoms with Crippen LogP contribution in [-0.4, -0.2) is 15.0 Å². The minimum Gasteiger partial charge on any atom is -0.198 e. The zero-order chi connectivity index (χ0) is 11.5. The van der Waals surface area contributed by atoms with Crippen molar-refractivity contribution in [2.75, 3.05) is 0 Å². The number of aromatic nitrogens is 3. The van der Waals surface area contributed by atoms with Gasteiger partial charge in [-0.05, 0) is 28.8 Å². The van der Waals surface area contributed by atoms with Crippen LogP contribution in [-0.2, 0) is 0 Å². The molecular formula is C11H7Cl2N3. The highest BCUT2D eigenvalue weighted by Gasteiger charge is 2.05. The summed E-state index contributed by atoms with van der Waals surface area (Å²) in [6.07, 6.45) is 1.76. The highest BCUT2D eigenvalue weighted by atomic mass is 35.5. The number of halogens is 2. The normalized spacial score (nSPS) is 10.1. The van der Waals surface area contributed by atoms with Gasteiger partial charge in [0.15, 0.2) is 5.82 Å². The second kappa shape index (κ2) is 4.60. The molecule has 3 nitrogen and oxygen atoms in total. The van der Waals surface area contributed by atoms with Gasteiger partial charge in [0.05, 0.1) is 0 Å². The van der Waals surface area contributed by atoms with E-state index in [9.17, 15) is 0 Å². The van der Waals surface area contributed by atoms with Crippen LogP contribution in [0.4, 0.5) is 0 Å². The number of hydrogen-bond donors (Lipinski definition) is 0. The van der Waals surface area contributed by atoms with Gasteiger partial charge in [-0.15, -0.1) is 0 Å². The standard InChI is InChI=1S/C11H7Cl2N3/c1-2-7-3-5-8(6-4-7)9-14-10(12)16-11(13)15-9/h2-6H,1H2. The number of rotatable bonds is 2. The van der Waals surface area contributed by atoms with Crippen LogP contribution in [0.2, 0.25) is 10.6 Å². The van der Waals surface area contributed by atoms with E-state index in [-0.39, 0.29) is 10.6 Å². The van der Waals surface area contributed by atoms with Crippen molar-refractivity contribution in [1.82, 2.24) is 15.0 Å².